The first-order valence-corrected chi connectivity index (χ1v) is 23.6. The fourth-order valence-electron chi connectivity index (χ4n) is 12.3. The third kappa shape index (κ3) is 4.87. The molecule has 1 aliphatic carbocycles. The van der Waals surface area contributed by atoms with E-state index in [0.29, 0.717) is 0 Å². The summed E-state index contributed by atoms with van der Waals surface area (Å²) in [6.07, 6.45) is 0. The summed E-state index contributed by atoms with van der Waals surface area (Å²) in [6, 6.07) is 74.4. The number of aromatic nitrogens is 1. The van der Waals surface area contributed by atoms with Gasteiger partial charge in [0.2, 0.25) is 0 Å². The van der Waals surface area contributed by atoms with E-state index in [1.165, 1.54) is 115 Å². The molecule has 16 rings (SSSR count). The van der Waals surface area contributed by atoms with Crippen molar-refractivity contribution in [3.8, 4) is 44.5 Å². The molecule has 3 nitrogen and oxygen atoms in total. The van der Waals surface area contributed by atoms with Crippen molar-refractivity contribution in [1.82, 2.24) is 4.40 Å². The van der Waals surface area contributed by atoms with Crippen LogP contribution in [0.25, 0.3) is 148 Å². The van der Waals surface area contributed by atoms with Gasteiger partial charge in [0.25, 0.3) is 0 Å². The maximum absolute atomic E-state index is 6.20. The highest BCUT2D eigenvalue weighted by Crippen LogP contribution is 2.51. The van der Waals surface area contributed by atoms with Crippen LogP contribution in [0.5, 0.6) is 0 Å². The SMILES string of the molecule is CC1(C)c2ccccc2-c2ccc(-c3cc4c5cc6ccc(-c7ccc8oc9ccccc9c8c7)cc6cc5n5c6cc7cc(-c8ccc9oc%10ccccc%10c9c8)ccc7cc6c(c3)c45)cc21. The Labute approximate surface area is 390 Å². The first kappa shape index (κ1) is 36.5. The number of fused-ring (bicyclic) bond motifs is 17. The van der Waals surface area contributed by atoms with Crippen molar-refractivity contribution >= 4 is 104 Å². The van der Waals surface area contributed by atoms with Crippen LogP contribution >= 0.6 is 0 Å². The van der Waals surface area contributed by atoms with E-state index in [2.05, 4.69) is 194 Å². The highest BCUT2D eigenvalue weighted by molar-refractivity contribution is 6.27. The largest absolute Gasteiger partial charge is 0.456 e. The molecule has 15 aromatic rings. The second-order valence-electron chi connectivity index (χ2n) is 19.7. The lowest BCUT2D eigenvalue weighted by molar-refractivity contribution is 0.660. The van der Waals surface area contributed by atoms with E-state index >= 15 is 0 Å². The standard InChI is InChI=1S/C65H39NO2/c1-65(2)56-12-6-3-9-46(56)47-22-19-42(33-57(47)65)45-31-54-50-27-40-17-15-36(38-20-23-62-52(29-38)48-10-4-7-13-60(48)67-62)25-43(40)34-58(50)66-59-35-44-26-37(16-18-41(44)28-51(59)55(32-45)64(54)66)39-21-24-63-53(30-39)49-11-5-8-14-61(49)68-63/h3-35H,1-2H3. The van der Waals surface area contributed by atoms with Gasteiger partial charge in [0.1, 0.15) is 22.3 Å². The highest BCUT2D eigenvalue weighted by Gasteiger charge is 2.35. The normalized spacial score (nSPS) is 13.6. The van der Waals surface area contributed by atoms with E-state index in [9.17, 15) is 0 Å². The van der Waals surface area contributed by atoms with Crippen LogP contribution in [-0.2, 0) is 5.41 Å². The quantitative estimate of drug-likeness (QED) is 0.177. The number of hydrogen-bond donors (Lipinski definition) is 0. The Balaban J connectivity index is 0.927. The molecule has 0 aliphatic heterocycles. The molecule has 3 heteroatoms. The molecule has 0 bridgehead atoms. The van der Waals surface area contributed by atoms with Gasteiger partial charge in [-0.25, -0.2) is 0 Å². The molecule has 0 radical (unpaired) electrons. The van der Waals surface area contributed by atoms with Crippen LogP contribution in [0, 0.1) is 0 Å². The Hall–Kier alpha value is -8.66. The maximum atomic E-state index is 6.20. The summed E-state index contributed by atoms with van der Waals surface area (Å²) in [4.78, 5) is 0. The molecule has 0 unspecified atom stereocenters. The van der Waals surface area contributed by atoms with E-state index in [1.54, 1.807) is 0 Å². The molecule has 4 aromatic heterocycles. The molecular weight excluding hydrogens is 827 g/mol. The molecule has 316 valence electrons. The van der Waals surface area contributed by atoms with Gasteiger partial charge >= 0.3 is 0 Å². The number of para-hydroxylation sites is 2. The summed E-state index contributed by atoms with van der Waals surface area (Å²) >= 11 is 0. The van der Waals surface area contributed by atoms with Crippen LogP contribution in [-0.4, -0.2) is 4.40 Å². The van der Waals surface area contributed by atoms with E-state index in [0.717, 1.165) is 43.9 Å². The number of nitrogens with zero attached hydrogens (tertiary/aromatic N) is 1. The molecular formula is C65H39NO2. The van der Waals surface area contributed by atoms with Crippen molar-refractivity contribution in [2.45, 2.75) is 19.3 Å². The molecule has 0 N–H and O–H groups in total. The monoisotopic (exact) mass is 865 g/mol. The highest BCUT2D eigenvalue weighted by atomic mass is 16.3. The lowest BCUT2D eigenvalue weighted by atomic mass is 9.81. The van der Waals surface area contributed by atoms with Crippen molar-refractivity contribution in [3.63, 3.8) is 0 Å². The number of hydrogen-bond acceptors (Lipinski definition) is 2. The maximum Gasteiger partial charge on any atom is 0.135 e. The van der Waals surface area contributed by atoms with E-state index in [4.69, 9.17) is 8.83 Å². The molecule has 0 fully saturated rings. The summed E-state index contributed by atoms with van der Waals surface area (Å²) in [5.41, 5.74) is 20.0. The summed E-state index contributed by atoms with van der Waals surface area (Å²) in [6.45, 7) is 4.74. The molecule has 0 atom stereocenters. The van der Waals surface area contributed by atoms with Gasteiger partial charge < -0.3 is 13.2 Å². The van der Waals surface area contributed by atoms with Crippen molar-refractivity contribution in [2.75, 3.05) is 0 Å². The zero-order valence-corrected chi connectivity index (χ0v) is 37.3. The summed E-state index contributed by atoms with van der Waals surface area (Å²) in [5, 5.41) is 14.5. The fourth-order valence-corrected chi connectivity index (χ4v) is 12.3. The van der Waals surface area contributed by atoms with Crippen molar-refractivity contribution in [3.05, 3.63) is 211 Å². The van der Waals surface area contributed by atoms with Crippen LogP contribution in [0.15, 0.2) is 209 Å². The van der Waals surface area contributed by atoms with Gasteiger partial charge in [-0.05, 0) is 168 Å². The second-order valence-corrected chi connectivity index (χ2v) is 19.7. The summed E-state index contributed by atoms with van der Waals surface area (Å²) in [7, 11) is 0. The van der Waals surface area contributed by atoms with E-state index in [1.807, 2.05) is 24.3 Å². The van der Waals surface area contributed by atoms with Gasteiger partial charge in [-0.3, -0.25) is 0 Å². The van der Waals surface area contributed by atoms with E-state index in [-0.39, 0.29) is 5.41 Å². The number of benzene rings is 11. The molecule has 0 saturated heterocycles. The molecule has 0 amide bonds. The Kier molecular flexibility index (Phi) is 6.89. The smallest absolute Gasteiger partial charge is 0.135 e. The minimum Gasteiger partial charge on any atom is -0.456 e. The molecule has 11 aromatic carbocycles. The first-order chi connectivity index (χ1) is 33.4. The first-order valence-electron chi connectivity index (χ1n) is 23.6. The predicted octanol–water partition coefficient (Wildman–Crippen LogP) is 18.2. The Morgan fingerprint density at radius 1 is 0.309 bits per heavy atom. The number of rotatable bonds is 3. The minimum absolute atomic E-state index is 0.0862. The average molecular weight is 866 g/mol. The summed E-state index contributed by atoms with van der Waals surface area (Å²) in [5.74, 6) is 0. The van der Waals surface area contributed by atoms with Crippen LogP contribution in [0.1, 0.15) is 25.0 Å². The minimum atomic E-state index is -0.0862. The molecule has 0 saturated carbocycles. The average Bonchev–Trinajstić information content (AvgIpc) is 4.16. The number of furan rings is 2. The van der Waals surface area contributed by atoms with Crippen molar-refractivity contribution < 1.29 is 8.83 Å². The van der Waals surface area contributed by atoms with Crippen molar-refractivity contribution in [1.29, 1.82) is 0 Å². The molecule has 68 heavy (non-hydrogen) atoms. The zero-order chi connectivity index (χ0) is 44.6. The van der Waals surface area contributed by atoms with Gasteiger partial charge in [-0.1, -0.05) is 123 Å². The van der Waals surface area contributed by atoms with Crippen LogP contribution < -0.4 is 0 Å². The Morgan fingerprint density at radius 3 is 1.37 bits per heavy atom. The lowest BCUT2D eigenvalue weighted by Crippen LogP contribution is -2.14. The molecule has 4 heterocycles. The molecule has 1 aliphatic rings. The third-order valence-electron chi connectivity index (χ3n) is 15.6. The van der Waals surface area contributed by atoms with Crippen molar-refractivity contribution in [2.24, 2.45) is 0 Å². The van der Waals surface area contributed by atoms with Gasteiger partial charge in [-0.2, -0.15) is 0 Å². The lowest BCUT2D eigenvalue weighted by Gasteiger charge is -2.22. The van der Waals surface area contributed by atoms with Gasteiger partial charge in [-0.15, -0.1) is 0 Å². The summed E-state index contributed by atoms with van der Waals surface area (Å²) < 4.78 is 15.0. The van der Waals surface area contributed by atoms with Gasteiger partial charge in [0, 0.05) is 48.5 Å². The van der Waals surface area contributed by atoms with Crippen LogP contribution in [0.2, 0.25) is 0 Å². The Bertz CT molecular complexity index is 4470. The van der Waals surface area contributed by atoms with Gasteiger partial charge in [0.15, 0.2) is 0 Å². The van der Waals surface area contributed by atoms with Crippen LogP contribution in [0.3, 0.4) is 0 Å². The second kappa shape index (κ2) is 12.8. The van der Waals surface area contributed by atoms with Gasteiger partial charge in [0.05, 0.1) is 16.6 Å². The zero-order valence-electron chi connectivity index (χ0n) is 37.3. The Morgan fingerprint density at radius 2 is 0.765 bits per heavy atom. The predicted molar refractivity (Wildman–Crippen MR) is 285 cm³/mol. The topological polar surface area (TPSA) is 30.7 Å². The van der Waals surface area contributed by atoms with E-state index < -0.39 is 0 Å². The fraction of sp³-hybridized carbons (Fsp3) is 0.0462. The van der Waals surface area contributed by atoms with Crippen LogP contribution in [0.4, 0.5) is 0 Å². The molecule has 0 spiro atoms. The third-order valence-corrected chi connectivity index (χ3v) is 15.6.